The van der Waals surface area contributed by atoms with Crippen molar-refractivity contribution in [2.24, 2.45) is 0 Å². The standard InChI is InChI=1S/C12H16N4/c1-2-5-13-10(4-1)8-11-9-16-7-3-6-14-12(16)15-11/h3,6-7,9-10,13H,1-2,4-5,8H2. The van der Waals surface area contributed by atoms with Gasteiger partial charge in [-0.15, -0.1) is 0 Å². The smallest absolute Gasteiger partial charge is 0.233 e. The van der Waals surface area contributed by atoms with E-state index in [0.717, 1.165) is 24.4 Å². The number of fused-ring (bicyclic) bond motifs is 1. The largest absolute Gasteiger partial charge is 0.314 e. The van der Waals surface area contributed by atoms with E-state index in [0.29, 0.717) is 6.04 Å². The number of hydrogen-bond donors (Lipinski definition) is 1. The van der Waals surface area contributed by atoms with Crippen LogP contribution in [-0.2, 0) is 6.42 Å². The van der Waals surface area contributed by atoms with Gasteiger partial charge in [0.2, 0.25) is 5.78 Å². The number of piperidine rings is 1. The summed E-state index contributed by atoms with van der Waals surface area (Å²) >= 11 is 0. The second kappa shape index (κ2) is 4.22. The highest BCUT2D eigenvalue weighted by Gasteiger charge is 2.14. The summed E-state index contributed by atoms with van der Waals surface area (Å²) < 4.78 is 1.98. The number of nitrogens with zero attached hydrogens (tertiary/aromatic N) is 3. The van der Waals surface area contributed by atoms with Gasteiger partial charge in [0.1, 0.15) is 0 Å². The molecule has 4 heteroatoms. The van der Waals surface area contributed by atoms with Gasteiger partial charge in [0, 0.05) is 31.1 Å². The second-order valence-corrected chi connectivity index (χ2v) is 4.41. The third kappa shape index (κ3) is 1.93. The fourth-order valence-electron chi connectivity index (χ4n) is 2.33. The molecule has 1 fully saturated rings. The molecule has 3 rings (SSSR count). The van der Waals surface area contributed by atoms with Crippen LogP contribution in [0.15, 0.2) is 24.7 Å². The predicted octanol–water partition coefficient (Wildman–Crippen LogP) is 1.41. The van der Waals surface area contributed by atoms with Gasteiger partial charge in [-0.3, -0.25) is 4.40 Å². The Labute approximate surface area is 94.7 Å². The zero-order chi connectivity index (χ0) is 10.8. The highest BCUT2D eigenvalue weighted by molar-refractivity contribution is 5.29. The summed E-state index contributed by atoms with van der Waals surface area (Å²) in [6.07, 6.45) is 10.8. The molecule has 3 heterocycles. The molecule has 0 saturated carbocycles. The molecule has 0 radical (unpaired) electrons. The minimum atomic E-state index is 0.596. The van der Waals surface area contributed by atoms with Crippen LogP contribution in [0.1, 0.15) is 25.0 Å². The third-order valence-electron chi connectivity index (χ3n) is 3.15. The first-order chi connectivity index (χ1) is 7.92. The van der Waals surface area contributed by atoms with Crippen LogP contribution in [-0.4, -0.2) is 27.0 Å². The normalized spacial score (nSPS) is 21.4. The molecule has 0 bridgehead atoms. The molecule has 4 nitrogen and oxygen atoms in total. The summed E-state index contributed by atoms with van der Waals surface area (Å²) in [6.45, 7) is 1.15. The van der Waals surface area contributed by atoms with Crippen molar-refractivity contribution in [1.29, 1.82) is 0 Å². The first kappa shape index (κ1) is 9.78. The average molecular weight is 216 g/mol. The van der Waals surface area contributed by atoms with Crippen LogP contribution in [0, 0.1) is 0 Å². The van der Waals surface area contributed by atoms with E-state index in [2.05, 4.69) is 21.5 Å². The van der Waals surface area contributed by atoms with Crippen molar-refractivity contribution in [2.45, 2.75) is 31.7 Å². The molecule has 16 heavy (non-hydrogen) atoms. The lowest BCUT2D eigenvalue weighted by atomic mass is 10.0. The lowest BCUT2D eigenvalue weighted by molar-refractivity contribution is 0.397. The minimum Gasteiger partial charge on any atom is -0.314 e. The van der Waals surface area contributed by atoms with Crippen LogP contribution in [0.3, 0.4) is 0 Å². The van der Waals surface area contributed by atoms with Crippen LogP contribution < -0.4 is 5.32 Å². The van der Waals surface area contributed by atoms with E-state index < -0.39 is 0 Å². The molecule has 1 atom stereocenters. The summed E-state index contributed by atoms with van der Waals surface area (Å²) in [7, 11) is 0. The van der Waals surface area contributed by atoms with Gasteiger partial charge >= 0.3 is 0 Å². The molecule has 1 N–H and O–H groups in total. The number of hydrogen-bond acceptors (Lipinski definition) is 3. The van der Waals surface area contributed by atoms with E-state index in [1.165, 1.54) is 19.3 Å². The number of nitrogens with one attached hydrogen (secondary N) is 1. The van der Waals surface area contributed by atoms with Crippen LogP contribution in [0.2, 0.25) is 0 Å². The van der Waals surface area contributed by atoms with E-state index in [9.17, 15) is 0 Å². The Balaban J connectivity index is 1.78. The molecule has 1 aliphatic rings. The predicted molar refractivity (Wildman–Crippen MR) is 62.3 cm³/mol. The monoisotopic (exact) mass is 216 g/mol. The average Bonchev–Trinajstić information content (AvgIpc) is 2.72. The molecule has 2 aromatic rings. The molecular formula is C12H16N4. The van der Waals surface area contributed by atoms with Crippen molar-refractivity contribution in [1.82, 2.24) is 19.7 Å². The highest BCUT2D eigenvalue weighted by Crippen LogP contribution is 2.12. The maximum atomic E-state index is 4.52. The van der Waals surface area contributed by atoms with Crippen LogP contribution in [0.4, 0.5) is 0 Å². The van der Waals surface area contributed by atoms with Gasteiger partial charge in [-0.2, -0.15) is 0 Å². The molecule has 1 unspecified atom stereocenters. The Bertz CT molecular complexity index is 438. The quantitative estimate of drug-likeness (QED) is 0.825. The molecule has 0 amide bonds. The summed E-state index contributed by atoms with van der Waals surface area (Å²) in [4.78, 5) is 8.75. The lowest BCUT2D eigenvalue weighted by Crippen LogP contribution is -2.35. The maximum Gasteiger partial charge on any atom is 0.233 e. The van der Waals surface area contributed by atoms with Gasteiger partial charge in [-0.05, 0) is 25.5 Å². The molecule has 2 aromatic heterocycles. The number of aromatic nitrogens is 3. The second-order valence-electron chi connectivity index (χ2n) is 4.41. The van der Waals surface area contributed by atoms with Crippen LogP contribution >= 0.6 is 0 Å². The molecule has 1 aliphatic heterocycles. The van der Waals surface area contributed by atoms with Crippen molar-refractivity contribution in [3.05, 3.63) is 30.4 Å². The first-order valence-electron chi connectivity index (χ1n) is 5.94. The Morgan fingerprint density at radius 1 is 1.44 bits per heavy atom. The maximum absolute atomic E-state index is 4.52. The number of imidazole rings is 1. The molecule has 0 spiro atoms. The Hall–Kier alpha value is -1.42. The van der Waals surface area contributed by atoms with Crippen LogP contribution in [0.25, 0.3) is 5.78 Å². The molecule has 84 valence electrons. The van der Waals surface area contributed by atoms with E-state index in [1.807, 2.05) is 16.7 Å². The van der Waals surface area contributed by atoms with E-state index in [-0.39, 0.29) is 0 Å². The fourth-order valence-corrected chi connectivity index (χ4v) is 2.33. The summed E-state index contributed by atoms with van der Waals surface area (Å²) in [5, 5.41) is 3.54. The third-order valence-corrected chi connectivity index (χ3v) is 3.15. The van der Waals surface area contributed by atoms with Gasteiger partial charge in [0.25, 0.3) is 0 Å². The van der Waals surface area contributed by atoms with Gasteiger partial charge in [-0.1, -0.05) is 6.42 Å². The SMILES string of the molecule is c1cnc2nc(CC3CCCCN3)cn2c1. The van der Waals surface area contributed by atoms with E-state index in [1.54, 1.807) is 6.20 Å². The molecule has 1 saturated heterocycles. The molecule has 0 aliphatic carbocycles. The van der Waals surface area contributed by atoms with Crippen molar-refractivity contribution >= 4 is 5.78 Å². The Morgan fingerprint density at radius 3 is 3.25 bits per heavy atom. The van der Waals surface area contributed by atoms with Gasteiger partial charge < -0.3 is 5.32 Å². The van der Waals surface area contributed by atoms with Crippen molar-refractivity contribution < 1.29 is 0 Å². The topological polar surface area (TPSA) is 42.2 Å². The van der Waals surface area contributed by atoms with E-state index in [4.69, 9.17) is 0 Å². The Kier molecular flexibility index (Phi) is 2.58. The van der Waals surface area contributed by atoms with Gasteiger partial charge in [0.05, 0.1) is 5.69 Å². The lowest BCUT2D eigenvalue weighted by Gasteiger charge is -2.22. The zero-order valence-electron chi connectivity index (χ0n) is 9.26. The minimum absolute atomic E-state index is 0.596. The zero-order valence-corrected chi connectivity index (χ0v) is 9.26. The first-order valence-corrected chi connectivity index (χ1v) is 5.94. The van der Waals surface area contributed by atoms with Gasteiger partial charge in [-0.25, -0.2) is 9.97 Å². The summed E-state index contributed by atoms with van der Waals surface area (Å²) in [5.74, 6) is 0.799. The van der Waals surface area contributed by atoms with Crippen molar-refractivity contribution in [3.8, 4) is 0 Å². The van der Waals surface area contributed by atoms with Crippen molar-refractivity contribution in [2.75, 3.05) is 6.54 Å². The molecular weight excluding hydrogens is 200 g/mol. The summed E-state index contributed by atoms with van der Waals surface area (Å²) in [5.41, 5.74) is 1.14. The number of rotatable bonds is 2. The fraction of sp³-hybridized carbons (Fsp3) is 0.500. The Morgan fingerprint density at radius 2 is 2.44 bits per heavy atom. The highest BCUT2D eigenvalue weighted by atomic mass is 15.1. The summed E-state index contributed by atoms with van der Waals surface area (Å²) in [6, 6.07) is 2.52. The van der Waals surface area contributed by atoms with Crippen molar-refractivity contribution in [3.63, 3.8) is 0 Å². The van der Waals surface area contributed by atoms with Crippen LogP contribution in [0.5, 0.6) is 0 Å². The van der Waals surface area contributed by atoms with Gasteiger partial charge in [0.15, 0.2) is 0 Å². The molecule has 0 aromatic carbocycles. The van der Waals surface area contributed by atoms with E-state index >= 15 is 0 Å².